The first-order chi connectivity index (χ1) is 10.1. The molecule has 0 spiro atoms. The molecule has 2 heterocycles. The van der Waals surface area contributed by atoms with Crippen molar-refractivity contribution in [2.45, 2.75) is 83.7 Å². The van der Waals surface area contributed by atoms with Gasteiger partial charge in [-0.25, -0.2) is 4.79 Å². The second-order valence-corrected chi connectivity index (χ2v) is 6.03. The van der Waals surface area contributed by atoms with Gasteiger partial charge in [0.15, 0.2) is 6.10 Å². The normalized spacial score (nSPS) is 31.0. The summed E-state index contributed by atoms with van der Waals surface area (Å²) in [5, 5.41) is 0. The molecular formula is C16H26O5. The minimum Gasteiger partial charge on any atom is -0.460 e. The molecule has 2 rings (SSSR count). The fraction of sp³-hybridized carbons (Fsp3) is 0.875. The van der Waals surface area contributed by atoms with Crippen LogP contribution in [0.2, 0.25) is 0 Å². The lowest BCUT2D eigenvalue weighted by Gasteiger charge is -2.16. The van der Waals surface area contributed by atoms with E-state index >= 15 is 0 Å². The first kappa shape index (κ1) is 16.3. The number of esters is 2. The van der Waals surface area contributed by atoms with Crippen LogP contribution in [0, 0.1) is 5.92 Å². The van der Waals surface area contributed by atoms with Gasteiger partial charge in [-0.2, -0.15) is 0 Å². The zero-order valence-corrected chi connectivity index (χ0v) is 13.0. The molecule has 2 aliphatic rings. The predicted octanol–water partition coefficient (Wildman–Crippen LogP) is 2.96. The van der Waals surface area contributed by atoms with Gasteiger partial charge < -0.3 is 14.2 Å². The van der Waals surface area contributed by atoms with Crippen molar-refractivity contribution in [3.63, 3.8) is 0 Å². The van der Waals surface area contributed by atoms with E-state index in [-0.39, 0.29) is 24.0 Å². The number of unbranched alkanes of at least 4 members (excludes halogenated alkanes) is 5. The summed E-state index contributed by atoms with van der Waals surface area (Å²) in [6.07, 6.45) is 7.57. The zero-order valence-electron chi connectivity index (χ0n) is 13.0. The molecule has 2 unspecified atom stereocenters. The monoisotopic (exact) mass is 298 g/mol. The number of rotatable bonds is 8. The van der Waals surface area contributed by atoms with Crippen molar-refractivity contribution in [1.29, 1.82) is 0 Å². The molecule has 120 valence electrons. The molecule has 5 nitrogen and oxygen atoms in total. The van der Waals surface area contributed by atoms with Gasteiger partial charge in [-0.15, -0.1) is 0 Å². The maximum absolute atomic E-state index is 11.8. The Balaban J connectivity index is 1.72. The van der Waals surface area contributed by atoms with Crippen LogP contribution in [-0.4, -0.2) is 30.4 Å². The highest BCUT2D eigenvalue weighted by atomic mass is 16.7. The molecule has 2 saturated heterocycles. The minimum absolute atomic E-state index is 0.0393. The Kier molecular flexibility index (Phi) is 6.03. The Morgan fingerprint density at radius 1 is 1.24 bits per heavy atom. The molecule has 5 heteroatoms. The van der Waals surface area contributed by atoms with Crippen LogP contribution >= 0.6 is 0 Å². The van der Waals surface area contributed by atoms with E-state index in [4.69, 9.17) is 14.2 Å². The number of carbonyl (C=O) groups excluding carboxylic acids is 2. The van der Waals surface area contributed by atoms with Gasteiger partial charge in [0.1, 0.15) is 6.10 Å². The molecule has 2 aliphatic heterocycles. The van der Waals surface area contributed by atoms with E-state index < -0.39 is 12.4 Å². The van der Waals surface area contributed by atoms with Crippen molar-refractivity contribution >= 4 is 11.9 Å². The summed E-state index contributed by atoms with van der Waals surface area (Å²) in [5.74, 6) is -0.635. The van der Waals surface area contributed by atoms with E-state index in [0.717, 1.165) is 12.8 Å². The Morgan fingerprint density at radius 3 is 2.67 bits per heavy atom. The van der Waals surface area contributed by atoms with E-state index in [2.05, 4.69) is 6.92 Å². The number of hydrogen-bond donors (Lipinski definition) is 0. The van der Waals surface area contributed by atoms with Crippen LogP contribution in [0.1, 0.15) is 65.2 Å². The van der Waals surface area contributed by atoms with Gasteiger partial charge in [-0.1, -0.05) is 39.0 Å². The largest absolute Gasteiger partial charge is 0.460 e. The van der Waals surface area contributed by atoms with Crippen LogP contribution in [0.25, 0.3) is 0 Å². The summed E-state index contributed by atoms with van der Waals surface area (Å²) >= 11 is 0. The molecule has 2 fully saturated rings. The van der Waals surface area contributed by atoms with E-state index in [1.54, 1.807) is 0 Å². The highest BCUT2D eigenvalue weighted by molar-refractivity contribution is 5.78. The molecule has 0 radical (unpaired) electrons. The lowest BCUT2D eigenvalue weighted by molar-refractivity contribution is -0.181. The summed E-state index contributed by atoms with van der Waals surface area (Å²) in [4.78, 5) is 22.7. The molecular weight excluding hydrogens is 272 g/mol. The number of carbonyl (C=O) groups is 2. The highest BCUT2D eigenvalue weighted by Crippen LogP contribution is 2.39. The Morgan fingerprint density at radius 2 is 1.95 bits per heavy atom. The molecule has 0 bridgehead atoms. The average Bonchev–Trinajstić information content (AvgIpc) is 2.94. The lowest BCUT2D eigenvalue weighted by Crippen LogP contribution is -2.22. The summed E-state index contributed by atoms with van der Waals surface area (Å²) in [5.41, 5.74) is 0. The smallest absolute Gasteiger partial charge is 0.336 e. The Hall–Kier alpha value is -1.10. The minimum atomic E-state index is -0.586. The van der Waals surface area contributed by atoms with Crippen LogP contribution < -0.4 is 0 Å². The number of ether oxygens (including phenoxy) is 3. The summed E-state index contributed by atoms with van der Waals surface area (Å²) in [7, 11) is 0. The molecule has 0 aromatic carbocycles. The molecule has 0 aliphatic carbocycles. The van der Waals surface area contributed by atoms with Gasteiger partial charge in [0.05, 0.1) is 0 Å². The highest BCUT2D eigenvalue weighted by Gasteiger charge is 2.52. The summed E-state index contributed by atoms with van der Waals surface area (Å²) in [6.45, 7) is 3.56. The van der Waals surface area contributed by atoms with Crippen LogP contribution in [0.4, 0.5) is 0 Å². The number of hydrogen-bond acceptors (Lipinski definition) is 5. The quantitative estimate of drug-likeness (QED) is 0.509. The van der Waals surface area contributed by atoms with Gasteiger partial charge in [0.2, 0.25) is 6.29 Å². The van der Waals surface area contributed by atoms with Crippen LogP contribution in [0.5, 0.6) is 0 Å². The first-order valence-corrected chi connectivity index (χ1v) is 8.15. The van der Waals surface area contributed by atoms with Gasteiger partial charge in [-0.05, 0) is 12.8 Å². The van der Waals surface area contributed by atoms with Crippen molar-refractivity contribution in [2.24, 2.45) is 5.92 Å². The molecule has 0 aromatic rings. The van der Waals surface area contributed by atoms with Crippen molar-refractivity contribution in [3.8, 4) is 0 Å². The van der Waals surface area contributed by atoms with Gasteiger partial charge in [0, 0.05) is 19.3 Å². The standard InChI is InChI=1S/C16H26O5/c1-3-4-5-6-7-8-9-13-12-10-14(19-11(2)17)21-15(12)16(18)20-13/h12-15H,3-10H2,1-2H3/t12-,13?,14?,15-/m1/s1. The van der Waals surface area contributed by atoms with Crippen molar-refractivity contribution in [3.05, 3.63) is 0 Å². The number of cyclic esters (lactones) is 1. The van der Waals surface area contributed by atoms with Crippen molar-refractivity contribution < 1.29 is 23.8 Å². The lowest BCUT2D eigenvalue weighted by atomic mass is 9.93. The third-order valence-corrected chi connectivity index (χ3v) is 4.27. The predicted molar refractivity (Wildman–Crippen MR) is 76.4 cm³/mol. The maximum Gasteiger partial charge on any atom is 0.336 e. The molecule has 0 amide bonds. The third-order valence-electron chi connectivity index (χ3n) is 4.27. The molecule has 21 heavy (non-hydrogen) atoms. The van der Waals surface area contributed by atoms with Gasteiger partial charge in [-0.3, -0.25) is 4.79 Å². The Bertz CT molecular complexity index is 368. The molecule has 4 atom stereocenters. The molecule has 0 N–H and O–H groups in total. The summed E-state index contributed by atoms with van der Waals surface area (Å²) < 4.78 is 15.9. The first-order valence-electron chi connectivity index (χ1n) is 8.15. The van der Waals surface area contributed by atoms with Gasteiger partial charge >= 0.3 is 11.9 Å². The van der Waals surface area contributed by atoms with E-state index in [1.807, 2.05) is 0 Å². The molecule has 0 aromatic heterocycles. The van der Waals surface area contributed by atoms with Crippen LogP contribution in [0.15, 0.2) is 0 Å². The van der Waals surface area contributed by atoms with E-state index in [1.165, 1.54) is 39.0 Å². The van der Waals surface area contributed by atoms with E-state index in [9.17, 15) is 9.59 Å². The van der Waals surface area contributed by atoms with E-state index in [0.29, 0.717) is 6.42 Å². The van der Waals surface area contributed by atoms with Crippen molar-refractivity contribution in [1.82, 2.24) is 0 Å². The average molecular weight is 298 g/mol. The topological polar surface area (TPSA) is 61.8 Å². The number of fused-ring (bicyclic) bond motifs is 1. The fourth-order valence-electron chi connectivity index (χ4n) is 3.21. The second-order valence-electron chi connectivity index (χ2n) is 6.03. The third kappa shape index (κ3) is 4.43. The summed E-state index contributed by atoms with van der Waals surface area (Å²) in [6, 6.07) is 0. The van der Waals surface area contributed by atoms with Gasteiger partial charge in [0.25, 0.3) is 0 Å². The van der Waals surface area contributed by atoms with Crippen LogP contribution in [0.3, 0.4) is 0 Å². The van der Waals surface area contributed by atoms with Crippen molar-refractivity contribution in [2.75, 3.05) is 0 Å². The fourth-order valence-corrected chi connectivity index (χ4v) is 3.21. The Labute approximate surface area is 126 Å². The maximum atomic E-state index is 11.8. The van der Waals surface area contributed by atoms with Crippen LogP contribution in [-0.2, 0) is 23.8 Å². The second kappa shape index (κ2) is 7.78. The SMILES string of the molecule is CCCCCCCCC1OC(=O)[C@@H]2OC(OC(C)=O)C[C@H]12. The molecule has 0 saturated carbocycles. The zero-order chi connectivity index (χ0) is 15.2.